The quantitative estimate of drug-likeness (QED) is 0.626. The van der Waals surface area contributed by atoms with Gasteiger partial charge in [-0.2, -0.15) is 0 Å². The number of hydrogen-bond acceptors (Lipinski definition) is 5. The maximum Gasteiger partial charge on any atom is 0.261 e. The van der Waals surface area contributed by atoms with Crippen molar-refractivity contribution < 1.29 is 18.9 Å². The summed E-state index contributed by atoms with van der Waals surface area (Å²) in [4.78, 5) is 40.4. The summed E-state index contributed by atoms with van der Waals surface area (Å²) in [5.41, 5.74) is 2.81. The molecule has 2 heterocycles. The van der Waals surface area contributed by atoms with Crippen LogP contribution < -0.4 is 0 Å². The molecule has 7 heteroatoms. The predicted molar refractivity (Wildman–Crippen MR) is 104 cm³/mol. The van der Waals surface area contributed by atoms with Gasteiger partial charge in [0.2, 0.25) is 0 Å². The van der Waals surface area contributed by atoms with E-state index >= 15 is 0 Å². The highest BCUT2D eigenvalue weighted by molar-refractivity contribution is 6.21. The van der Waals surface area contributed by atoms with Crippen LogP contribution in [0.3, 0.4) is 0 Å². The Balaban J connectivity index is 1.44. The Morgan fingerprint density at radius 2 is 1.66 bits per heavy atom. The van der Waals surface area contributed by atoms with Crippen LogP contribution in [0.1, 0.15) is 48.1 Å². The first kappa shape index (κ1) is 18.6. The second-order valence-corrected chi connectivity index (χ2v) is 7.03. The van der Waals surface area contributed by atoms with E-state index in [2.05, 4.69) is 5.16 Å². The number of rotatable bonds is 5. The van der Waals surface area contributed by atoms with Crippen LogP contribution in [-0.2, 0) is 13.1 Å². The molecule has 0 unspecified atom stereocenters. The van der Waals surface area contributed by atoms with E-state index < -0.39 is 0 Å². The zero-order chi connectivity index (χ0) is 20.5. The van der Waals surface area contributed by atoms with Crippen LogP contribution in [-0.4, -0.2) is 39.7 Å². The lowest BCUT2D eigenvalue weighted by Crippen LogP contribution is -2.29. The second kappa shape index (κ2) is 7.35. The molecule has 3 amide bonds. The van der Waals surface area contributed by atoms with Gasteiger partial charge in [0.05, 0.1) is 24.2 Å². The third-order valence-corrected chi connectivity index (χ3v) is 4.84. The fourth-order valence-electron chi connectivity index (χ4n) is 3.35. The van der Waals surface area contributed by atoms with Gasteiger partial charge in [0.1, 0.15) is 11.5 Å². The molecule has 0 radical (unpaired) electrons. The van der Waals surface area contributed by atoms with Crippen LogP contribution in [0.2, 0.25) is 0 Å². The Hall–Kier alpha value is -3.74. The van der Waals surface area contributed by atoms with Crippen LogP contribution in [0.15, 0.2) is 59.1 Å². The van der Waals surface area contributed by atoms with Crippen molar-refractivity contribution in [1.29, 1.82) is 0 Å². The van der Waals surface area contributed by atoms with E-state index in [9.17, 15) is 14.4 Å². The highest BCUT2D eigenvalue weighted by Gasteiger charge is 2.34. The van der Waals surface area contributed by atoms with Crippen LogP contribution in [0.25, 0.3) is 0 Å². The lowest BCUT2D eigenvalue weighted by atomic mass is 10.1. The summed E-state index contributed by atoms with van der Waals surface area (Å²) in [6, 6.07) is 15.5. The van der Waals surface area contributed by atoms with Crippen molar-refractivity contribution in [2.45, 2.75) is 20.0 Å². The number of benzene rings is 2. The monoisotopic (exact) mass is 389 g/mol. The first-order valence-corrected chi connectivity index (χ1v) is 9.16. The largest absolute Gasteiger partial charge is 0.361 e. The maximum atomic E-state index is 12.6. The van der Waals surface area contributed by atoms with Crippen molar-refractivity contribution in [3.8, 4) is 0 Å². The van der Waals surface area contributed by atoms with Crippen molar-refractivity contribution in [2.75, 3.05) is 7.05 Å². The minimum absolute atomic E-state index is 0.155. The molecule has 0 saturated heterocycles. The standard InChI is InChI=1S/C22H19N3O4/c1-14-11-17(23-29-14)13-24(2)20(26)16-9-7-15(8-10-16)12-25-21(27)18-5-3-4-6-19(18)22(25)28/h3-11H,12-13H2,1-2H3. The Bertz CT molecular complexity index is 1070. The van der Waals surface area contributed by atoms with Gasteiger partial charge in [0.15, 0.2) is 0 Å². The van der Waals surface area contributed by atoms with Gasteiger partial charge in [-0.25, -0.2) is 0 Å². The SMILES string of the molecule is Cc1cc(CN(C)C(=O)c2ccc(CN3C(=O)c4ccccc4C3=O)cc2)no1. The van der Waals surface area contributed by atoms with Gasteiger partial charge < -0.3 is 9.42 Å². The van der Waals surface area contributed by atoms with Crippen molar-refractivity contribution in [2.24, 2.45) is 0 Å². The van der Waals surface area contributed by atoms with Gasteiger partial charge in [-0.05, 0) is 36.8 Å². The van der Waals surface area contributed by atoms with Gasteiger partial charge in [-0.1, -0.05) is 29.4 Å². The van der Waals surface area contributed by atoms with E-state index in [1.807, 2.05) is 0 Å². The molecule has 1 aliphatic heterocycles. The molecule has 0 aliphatic carbocycles. The van der Waals surface area contributed by atoms with Crippen LogP contribution >= 0.6 is 0 Å². The molecule has 146 valence electrons. The summed E-state index contributed by atoms with van der Waals surface area (Å²) in [5, 5.41) is 3.90. The van der Waals surface area contributed by atoms with Gasteiger partial charge in [-0.15, -0.1) is 0 Å². The molecular formula is C22H19N3O4. The summed E-state index contributed by atoms with van der Waals surface area (Å²) < 4.78 is 5.02. The van der Waals surface area contributed by atoms with E-state index in [0.717, 1.165) is 5.56 Å². The fourth-order valence-corrected chi connectivity index (χ4v) is 3.35. The molecule has 1 aromatic heterocycles. The molecular weight excluding hydrogens is 370 g/mol. The number of aromatic nitrogens is 1. The maximum absolute atomic E-state index is 12.6. The lowest BCUT2D eigenvalue weighted by Gasteiger charge is -2.17. The van der Waals surface area contributed by atoms with Crippen molar-refractivity contribution in [1.82, 2.24) is 15.0 Å². The molecule has 0 spiro atoms. The molecule has 4 rings (SSSR count). The molecule has 29 heavy (non-hydrogen) atoms. The zero-order valence-electron chi connectivity index (χ0n) is 16.1. The fraction of sp³-hybridized carbons (Fsp3) is 0.182. The molecule has 0 N–H and O–H groups in total. The average molecular weight is 389 g/mol. The predicted octanol–water partition coefficient (Wildman–Crippen LogP) is 3.05. The van der Waals surface area contributed by atoms with E-state index in [4.69, 9.17) is 4.52 Å². The summed E-state index contributed by atoms with van der Waals surface area (Å²) in [5.74, 6) is -0.0573. The molecule has 7 nitrogen and oxygen atoms in total. The average Bonchev–Trinajstić information content (AvgIpc) is 3.24. The Kier molecular flexibility index (Phi) is 4.72. The number of fused-ring (bicyclic) bond motifs is 1. The smallest absolute Gasteiger partial charge is 0.261 e. The Labute approximate surface area is 167 Å². The lowest BCUT2D eigenvalue weighted by molar-refractivity contribution is 0.0641. The van der Waals surface area contributed by atoms with Crippen LogP contribution in [0.5, 0.6) is 0 Å². The number of carbonyl (C=O) groups is 3. The number of hydrogen-bond donors (Lipinski definition) is 0. The minimum Gasteiger partial charge on any atom is -0.361 e. The van der Waals surface area contributed by atoms with Gasteiger partial charge in [-0.3, -0.25) is 19.3 Å². The third kappa shape index (κ3) is 3.54. The number of amides is 3. The zero-order valence-corrected chi connectivity index (χ0v) is 16.1. The molecule has 2 aromatic carbocycles. The van der Waals surface area contributed by atoms with Crippen molar-refractivity contribution >= 4 is 17.7 Å². The molecule has 0 fully saturated rings. The summed E-state index contributed by atoms with van der Waals surface area (Å²) in [7, 11) is 1.69. The number of carbonyl (C=O) groups excluding carboxylic acids is 3. The first-order chi connectivity index (χ1) is 13.9. The number of imide groups is 1. The van der Waals surface area contributed by atoms with Gasteiger partial charge in [0, 0.05) is 18.7 Å². The first-order valence-electron chi connectivity index (χ1n) is 9.16. The summed E-state index contributed by atoms with van der Waals surface area (Å²) in [6.07, 6.45) is 0. The van der Waals surface area contributed by atoms with E-state index in [0.29, 0.717) is 34.7 Å². The van der Waals surface area contributed by atoms with E-state index in [1.165, 1.54) is 4.90 Å². The normalized spacial score (nSPS) is 13.0. The molecule has 0 atom stereocenters. The summed E-state index contributed by atoms with van der Waals surface area (Å²) in [6.45, 7) is 2.30. The van der Waals surface area contributed by atoms with E-state index in [-0.39, 0.29) is 24.3 Å². The highest BCUT2D eigenvalue weighted by atomic mass is 16.5. The topological polar surface area (TPSA) is 83.7 Å². The van der Waals surface area contributed by atoms with E-state index in [1.54, 1.807) is 73.5 Å². The number of nitrogens with zero attached hydrogens (tertiary/aromatic N) is 3. The van der Waals surface area contributed by atoms with Crippen molar-refractivity contribution in [3.63, 3.8) is 0 Å². The molecule has 1 aliphatic rings. The Morgan fingerprint density at radius 3 is 2.21 bits per heavy atom. The minimum atomic E-state index is -0.298. The second-order valence-electron chi connectivity index (χ2n) is 7.03. The Morgan fingerprint density at radius 1 is 1.03 bits per heavy atom. The third-order valence-electron chi connectivity index (χ3n) is 4.84. The van der Waals surface area contributed by atoms with Gasteiger partial charge >= 0.3 is 0 Å². The molecule has 3 aromatic rings. The van der Waals surface area contributed by atoms with Crippen LogP contribution in [0.4, 0.5) is 0 Å². The van der Waals surface area contributed by atoms with Crippen molar-refractivity contribution in [3.05, 3.63) is 88.3 Å². The van der Waals surface area contributed by atoms with Crippen LogP contribution in [0, 0.1) is 6.92 Å². The molecule has 0 saturated carbocycles. The van der Waals surface area contributed by atoms with Gasteiger partial charge in [0.25, 0.3) is 17.7 Å². The molecule has 0 bridgehead atoms. The highest BCUT2D eigenvalue weighted by Crippen LogP contribution is 2.24. The summed E-state index contributed by atoms with van der Waals surface area (Å²) >= 11 is 0. The number of aryl methyl sites for hydroxylation is 1.